The molecule has 1 fully saturated rings. The molecule has 5 nitrogen and oxygen atoms in total. The maximum Gasteiger partial charge on any atom is 0.255 e. The monoisotopic (exact) mass is 318 g/mol. The molecular formula is C18H26N2O3. The molecule has 1 aliphatic rings. The van der Waals surface area contributed by atoms with Crippen LogP contribution in [0.5, 0.6) is 5.75 Å². The minimum Gasteiger partial charge on any atom is -0.496 e. The van der Waals surface area contributed by atoms with Crippen molar-refractivity contribution >= 4 is 11.8 Å². The number of methoxy groups -OCH3 is 1. The van der Waals surface area contributed by atoms with Gasteiger partial charge in [-0.15, -0.1) is 0 Å². The van der Waals surface area contributed by atoms with E-state index in [1.54, 1.807) is 18.2 Å². The minimum atomic E-state index is -0.221. The van der Waals surface area contributed by atoms with Gasteiger partial charge in [-0.05, 0) is 30.9 Å². The van der Waals surface area contributed by atoms with Crippen LogP contribution in [0, 0.1) is 5.92 Å². The Kier molecular flexibility index (Phi) is 6.44. The summed E-state index contributed by atoms with van der Waals surface area (Å²) < 4.78 is 5.17. The highest BCUT2D eigenvalue weighted by Crippen LogP contribution is 2.23. The second-order valence-corrected chi connectivity index (χ2v) is 6.14. The van der Waals surface area contributed by atoms with Crippen molar-refractivity contribution in [3.8, 4) is 5.75 Å². The van der Waals surface area contributed by atoms with Gasteiger partial charge in [-0.25, -0.2) is 0 Å². The third-order valence-electron chi connectivity index (χ3n) is 4.45. The summed E-state index contributed by atoms with van der Waals surface area (Å²) in [6.45, 7) is 2.51. The summed E-state index contributed by atoms with van der Waals surface area (Å²) in [7, 11) is 1.53. The second-order valence-electron chi connectivity index (χ2n) is 6.14. The lowest BCUT2D eigenvalue weighted by molar-refractivity contribution is -0.122. The number of amides is 2. The number of nitrogens with one attached hydrogen (secondary N) is 2. The molecule has 2 N–H and O–H groups in total. The summed E-state index contributed by atoms with van der Waals surface area (Å²) in [6, 6.07) is 7.33. The Labute approximate surface area is 137 Å². The third-order valence-corrected chi connectivity index (χ3v) is 4.45. The van der Waals surface area contributed by atoms with Crippen LogP contribution in [0.3, 0.4) is 0 Å². The SMILES string of the molecule is COc1ccccc1C(=O)NCCC(=O)N[C@@H]1CCCC[C@H]1C. The lowest BCUT2D eigenvalue weighted by atomic mass is 9.86. The van der Waals surface area contributed by atoms with Crippen LogP contribution < -0.4 is 15.4 Å². The van der Waals surface area contributed by atoms with Crippen LogP contribution in [0.2, 0.25) is 0 Å². The van der Waals surface area contributed by atoms with Crippen LogP contribution >= 0.6 is 0 Å². The Morgan fingerprint density at radius 3 is 2.70 bits per heavy atom. The van der Waals surface area contributed by atoms with Crippen molar-refractivity contribution < 1.29 is 14.3 Å². The highest BCUT2D eigenvalue weighted by atomic mass is 16.5. The molecule has 0 unspecified atom stereocenters. The zero-order valence-corrected chi connectivity index (χ0v) is 13.9. The quantitative estimate of drug-likeness (QED) is 0.847. The van der Waals surface area contributed by atoms with Crippen LogP contribution in [-0.2, 0) is 4.79 Å². The number of hydrogen-bond acceptors (Lipinski definition) is 3. The Bertz CT molecular complexity index is 545. The van der Waals surface area contributed by atoms with E-state index in [-0.39, 0.29) is 17.9 Å². The number of hydrogen-bond donors (Lipinski definition) is 2. The van der Waals surface area contributed by atoms with Gasteiger partial charge in [-0.2, -0.15) is 0 Å². The Hall–Kier alpha value is -2.04. The summed E-state index contributed by atoms with van der Waals surface area (Å²) in [5.41, 5.74) is 0.483. The molecule has 2 atom stereocenters. The molecule has 2 rings (SSSR count). The maximum atomic E-state index is 12.1. The second kappa shape index (κ2) is 8.56. The molecule has 0 spiro atoms. The van der Waals surface area contributed by atoms with Gasteiger partial charge in [0, 0.05) is 19.0 Å². The van der Waals surface area contributed by atoms with Crippen molar-refractivity contribution in [1.82, 2.24) is 10.6 Å². The first-order valence-electron chi connectivity index (χ1n) is 8.32. The van der Waals surface area contributed by atoms with Gasteiger partial charge in [0.25, 0.3) is 5.91 Å². The zero-order valence-electron chi connectivity index (χ0n) is 13.9. The van der Waals surface area contributed by atoms with Gasteiger partial charge in [-0.3, -0.25) is 9.59 Å². The van der Waals surface area contributed by atoms with E-state index in [0.717, 1.165) is 6.42 Å². The Morgan fingerprint density at radius 1 is 1.22 bits per heavy atom. The van der Waals surface area contributed by atoms with E-state index in [4.69, 9.17) is 4.74 Å². The summed E-state index contributed by atoms with van der Waals surface area (Å²) in [4.78, 5) is 24.1. The van der Waals surface area contributed by atoms with E-state index in [1.165, 1.54) is 26.4 Å². The predicted molar refractivity (Wildman–Crippen MR) is 89.5 cm³/mol. The molecule has 1 saturated carbocycles. The van der Waals surface area contributed by atoms with Gasteiger partial charge >= 0.3 is 0 Å². The van der Waals surface area contributed by atoms with Crippen LogP contribution in [-0.4, -0.2) is 31.5 Å². The summed E-state index contributed by atoms with van der Waals surface area (Å²) in [5.74, 6) is 0.853. The van der Waals surface area contributed by atoms with E-state index in [1.807, 2.05) is 6.07 Å². The van der Waals surface area contributed by atoms with E-state index >= 15 is 0 Å². The highest BCUT2D eigenvalue weighted by molar-refractivity contribution is 5.97. The molecule has 23 heavy (non-hydrogen) atoms. The van der Waals surface area contributed by atoms with E-state index < -0.39 is 0 Å². The highest BCUT2D eigenvalue weighted by Gasteiger charge is 2.22. The number of carbonyl (C=O) groups is 2. The molecule has 0 aliphatic heterocycles. The standard InChI is InChI=1S/C18H26N2O3/c1-13-7-3-5-9-15(13)20-17(21)11-12-19-18(22)14-8-4-6-10-16(14)23-2/h4,6,8,10,13,15H,3,5,7,9,11-12H2,1-2H3,(H,19,22)(H,20,21)/t13-,15-/m1/s1. The Morgan fingerprint density at radius 2 is 1.96 bits per heavy atom. The first kappa shape index (κ1) is 17.3. The van der Waals surface area contributed by atoms with Crippen molar-refractivity contribution in [2.45, 2.75) is 45.1 Å². The smallest absolute Gasteiger partial charge is 0.255 e. The summed E-state index contributed by atoms with van der Waals surface area (Å²) in [6.07, 6.45) is 4.96. The molecule has 0 heterocycles. The zero-order chi connectivity index (χ0) is 16.7. The molecule has 1 aromatic rings. The summed E-state index contributed by atoms with van der Waals surface area (Å²) in [5, 5.41) is 5.86. The molecule has 1 aliphatic carbocycles. The number of benzene rings is 1. The van der Waals surface area contributed by atoms with Gasteiger partial charge in [0.05, 0.1) is 12.7 Å². The van der Waals surface area contributed by atoms with Crippen molar-refractivity contribution in [1.29, 1.82) is 0 Å². The van der Waals surface area contributed by atoms with Crippen molar-refractivity contribution in [2.24, 2.45) is 5.92 Å². The maximum absolute atomic E-state index is 12.1. The number of rotatable bonds is 6. The first-order valence-corrected chi connectivity index (χ1v) is 8.32. The molecule has 0 aromatic heterocycles. The van der Waals surface area contributed by atoms with E-state index in [2.05, 4.69) is 17.6 Å². The van der Waals surface area contributed by atoms with Gasteiger partial charge < -0.3 is 15.4 Å². The molecule has 0 bridgehead atoms. The summed E-state index contributed by atoms with van der Waals surface area (Å²) >= 11 is 0. The molecule has 2 amide bonds. The van der Waals surface area contributed by atoms with Gasteiger partial charge in [0.2, 0.25) is 5.91 Å². The fraction of sp³-hybridized carbons (Fsp3) is 0.556. The molecule has 126 valence electrons. The fourth-order valence-electron chi connectivity index (χ4n) is 3.03. The first-order chi connectivity index (χ1) is 11.1. The number of ether oxygens (including phenoxy) is 1. The van der Waals surface area contributed by atoms with Crippen LogP contribution in [0.1, 0.15) is 49.4 Å². The van der Waals surface area contributed by atoms with Crippen LogP contribution in [0.25, 0.3) is 0 Å². The lowest BCUT2D eigenvalue weighted by Gasteiger charge is -2.29. The van der Waals surface area contributed by atoms with Crippen LogP contribution in [0.4, 0.5) is 0 Å². The Balaban J connectivity index is 1.75. The normalized spacial score (nSPS) is 20.6. The van der Waals surface area contributed by atoms with E-state index in [9.17, 15) is 9.59 Å². The van der Waals surface area contributed by atoms with E-state index in [0.29, 0.717) is 30.2 Å². The largest absolute Gasteiger partial charge is 0.496 e. The van der Waals surface area contributed by atoms with Crippen molar-refractivity contribution in [3.05, 3.63) is 29.8 Å². The number of para-hydroxylation sites is 1. The fourth-order valence-corrected chi connectivity index (χ4v) is 3.03. The molecule has 5 heteroatoms. The van der Waals surface area contributed by atoms with Gasteiger partial charge in [-0.1, -0.05) is 31.9 Å². The van der Waals surface area contributed by atoms with Crippen LogP contribution in [0.15, 0.2) is 24.3 Å². The average molecular weight is 318 g/mol. The van der Waals surface area contributed by atoms with Gasteiger partial charge in [0.1, 0.15) is 5.75 Å². The minimum absolute atomic E-state index is 0.00377. The predicted octanol–water partition coefficient (Wildman–Crippen LogP) is 2.51. The van der Waals surface area contributed by atoms with Crippen molar-refractivity contribution in [2.75, 3.05) is 13.7 Å². The average Bonchev–Trinajstić information content (AvgIpc) is 2.56. The number of carbonyl (C=O) groups excluding carboxylic acids is 2. The van der Waals surface area contributed by atoms with Crippen molar-refractivity contribution in [3.63, 3.8) is 0 Å². The molecule has 0 radical (unpaired) electrons. The van der Waals surface area contributed by atoms with Gasteiger partial charge in [0.15, 0.2) is 0 Å². The lowest BCUT2D eigenvalue weighted by Crippen LogP contribution is -2.42. The molecular weight excluding hydrogens is 292 g/mol. The molecule has 0 saturated heterocycles. The molecule has 1 aromatic carbocycles. The topological polar surface area (TPSA) is 67.4 Å². The third kappa shape index (κ3) is 4.98.